The van der Waals surface area contributed by atoms with Crippen molar-refractivity contribution in [1.29, 1.82) is 0 Å². The van der Waals surface area contributed by atoms with Crippen LogP contribution >= 0.6 is 24.2 Å². The highest BCUT2D eigenvalue weighted by atomic mass is 35.5. The van der Waals surface area contributed by atoms with Crippen molar-refractivity contribution in [2.45, 2.75) is 32.4 Å². The fourth-order valence-electron chi connectivity index (χ4n) is 0.625. The summed E-state index contributed by atoms with van der Waals surface area (Å²) in [6, 6.07) is -0.501. The van der Waals surface area contributed by atoms with Crippen LogP contribution in [-0.2, 0) is 9.53 Å². The summed E-state index contributed by atoms with van der Waals surface area (Å²) in [6.07, 6.45) is 1.91. The quantitative estimate of drug-likeness (QED) is 0.742. The summed E-state index contributed by atoms with van der Waals surface area (Å²) in [6.45, 7) is 5.49. The van der Waals surface area contributed by atoms with Gasteiger partial charge in [-0.25, -0.2) is 0 Å². The number of hydrogen-bond donors (Lipinski definition) is 1. The summed E-state index contributed by atoms with van der Waals surface area (Å²) in [4.78, 5) is 11.2. The van der Waals surface area contributed by atoms with Gasteiger partial charge in [-0.15, -0.1) is 12.4 Å². The maximum absolute atomic E-state index is 11.2. The van der Waals surface area contributed by atoms with Crippen LogP contribution in [0.2, 0.25) is 0 Å². The second-order valence-electron chi connectivity index (χ2n) is 3.60. The minimum absolute atomic E-state index is 0. The molecule has 0 saturated carbocycles. The van der Waals surface area contributed by atoms with E-state index in [1.165, 1.54) is 11.8 Å². The monoisotopic (exact) mass is 227 g/mol. The van der Waals surface area contributed by atoms with E-state index in [2.05, 4.69) is 0 Å². The van der Waals surface area contributed by atoms with Gasteiger partial charge in [0.25, 0.3) is 0 Å². The van der Waals surface area contributed by atoms with E-state index in [1.807, 2.05) is 27.0 Å². The second-order valence-corrected chi connectivity index (χ2v) is 4.51. The topological polar surface area (TPSA) is 52.3 Å². The van der Waals surface area contributed by atoms with E-state index < -0.39 is 11.6 Å². The highest BCUT2D eigenvalue weighted by Gasteiger charge is 2.21. The maximum atomic E-state index is 11.2. The molecule has 0 saturated heterocycles. The Balaban J connectivity index is 0. The van der Waals surface area contributed by atoms with Gasteiger partial charge in [-0.3, -0.25) is 4.79 Å². The average molecular weight is 228 g/mol. The number of esters is 1. The van der Waals surface area contributed by atoms with Gasteiger partial charge in [-0.1, -0.05) is 0 Å². The zero-order chi connectivity index (χ0) is 9.78. The van der Waals surface area contributed by atoms with E-state index in [4.69, 9.17) is 10.5 Å². The number of carbonyl (C=O) groups is 1. The number of hydrogen-bond acceptors (Lipinski definition) is 4. The molecule has 0 radical (unpaired) electrons. The Kier molecular flexibility index (Phi) is 7.78. The van der Waals surface area contributed by atoms with Crippen LogP contribution in [-0.4, -0.2) is 29.6 Å². The highest BCUT2D eigenvalue weighted by Crippen LogP contribution is 2.08. The van der Waals surface area contributed by atoms with E-state index in [-0.39, 0.29) is 18.4 Å². The maximum Gasteiger partial charge on any atom is 0.324 e. The summed E-state index contributed by atoms with van der Waals surface area (Å²) in [5, 5.41) is 0. The van der Waals surface area contributed by atoms with Crippen molar-refractivity contribution in [3.63, 3.8) is 0 Å². The normalized spacial score (nSPS) is 13.0. The average Bonchev–Trinajstić information content (AvgIpc) is 1.84. The first kappa shape index (κ1) is 15.5. The Morgan fingerprint density at radius 1 is 1.54 bits per heavy atom. The van der Waals surface area contributed by atoms with Crippen LogP contribution in [0, 0.1) is 0 Å². The molecule has 0 aliphatic heterocycles. The molecule has 13 heavy (non-hydrogen) atoms. The zero-order valence-corrected chi connectivity index (χ0v) is 10.1. The van der Waals surface area contributed by atoms with Gasteiger partial charge in [0.2, 0.25) is 0 Å². The smallest absolute Gasteiger partial charge is 0.324 e. The number of ether oxygens (including phenoxy) is 1. The van der Waals surface area contributed by atoms with Crippen molar-refractivity contribution >= 4 is 30.1 Å². The van der Waals surface area contributed by atoms with Gasteiger partial charge in [-0.05, 0) is 27.0 Å². The Morgan fingerprint density at radius 2 is 2.00 bits per heavy atom. The summed E-state index contributed by atoms with van der Waals surface area (Å²) < 4.78 is 5.07. The summed E-state index contributed by atoms with van der Waals surface area (Å²) in [7, 11) is 0. The van der Waals surface area contributed by atoms with Crippen LogP contribution in [0.5, 0.6) is 0 Å². The molecule has 2 N–H and O–H groups in total. The van der Waals surface area contributed by atoms with Gasteiger partial charge in [0.1, 0.15) is 11.6 Å². The molecule has 0 unspecified atom stereocenters. The predicted molar refractivity (Wildman–Crippen MR) is 59.5 cm³/mol. The molecule has 0 aliphatic rings. The number of nitrogens with two attached hydrogens (primary N) is 1. The molecular weight excluding hydrogens is 210 g/mol. The standard InChI is InChI=1S/C8H17NO2S.ClH/c1-8(2,3)11-7(10)6(9)5-12-4;/h6H,5,9H2,1-4H3;1H/t6-;/m0./s1. The lowest BCUT2D eigenvalue weighted by molar-refractivity contribution is -0.155. The van der Waals surface area contributed by atoms with Crippen LogP contribution in [0.15, 0.2) is 0 Å². The van der Waals surface area contributed by atoms with E-state index in [0.29, 0.717) is 5.75 Å². The fraction of sp³-hybridized carbons (Fsp3) is 0.875. The van der Waals surface area contributed by atoms with Crippen molar-refractivity contribution in [2.24, 2.45) is 5.73 Å². The Morgan fingerprint density at radius 3 is 2.31 bits per heavy atom. The van der Waals surface area contributed by atoms with Crippen LogP contribution in [0.4, 0.5) is 0 Å². The van der Waals surface area contributed by atoms with Crippen LogP contribution in [0.25, 0.3) is 0 Å². The fourth-order valence-corrected chi connectivity index (χ4v) is 1.12. The molecule has 1 atom stereocenters. The first-order chi connectivity index (χ1) is 5.37. The van der Waals surface area contributed by atoms with Crippen molar-refractivity contribution in [2.75, 3.05) is 12.0 Å². The summed E-state index contributed by atoms with van der Waals surface area (Å²) in [5.74, 6) is 0.284. The summed E-state index contributed by atoms with van der Waals surface area (Å²) in [5.41, 5.74) is 5.10. The molecule has 0 fully saturated rings. The molecule has 0 amide bonds. The number of halogens is 1. The summed E-state index contributed by atoms with van der Waals surface area (Å²) >= 11 is 1.54. The third-order valence-corrected chi connectivity index (χ3v) is 1.75. The van der Waals surface area contributed by atoms with E-state index in [9.17, 15) is 4.79 Å². The van der Waals surface area contributed by atoms with Crippen molar-refractivity contribution in [1.82, 2.24) is 0 Å². The molecular formula is C8H18ClNO2S. The molecule has 5 heteroatoms. The molecule has 80 valence electrons. The SMILES string of the molecule is CSC[C@H](N)C(=O)OC(C)(C)C.Cl. The first-order valence-electron chi connectivity index (χ1n) is 3.84. The molecule has 0 spiro atoms. The molecule has 0 heterocycles. The van der Waals surface area contributed by atoms with Gasteiger partial charge < -0.3 is 10.5 Å². The van der Waals surface area contributed by atoms with Crippen molar-refractivity contribution in [3.8, 4) is 0 Å². The largest absolute Gasteiger partial charge is 0.459 e. The minimum atomic E-state index is -0.501. The Labute approximate surface area is 90.2 Å². The van der Waals surface area contributed by atoms with Crippen LogP contribution in [0.3, 0.4) is 0 Å². The molecule has 3 nitrogen and oxygen atoms in total. The van der Waals surface area contributed by atoms with Gasteiger partial charge in [0, 0.05) is 5.75 Å². The van der Waals surface area contributed by atoms with Gasteiger partial charge in [-0.2, -0.15) is 11.8 Å². The minimum Gasteiger partial charge on any atom is -0.459 e. The second kappa shape index (κ2) is 6.51. The number of thioether (sulfide) groups is 1. The Bertz CT molecular complexity index is 159. The lowest BCUT2D eigenvalue weighted by atomic mass is 10.2. The molecule has 0 aromatic rings. The predicted octanol–water partition coefficient (Wildman–Crippen LogP) is 1.44. The van der Waals surface area contributed by atoms with E-state index in [0.717, 1.165) is 0 Å². The number of rotatable bonds is 3. The van der Waals surface area contributed by atoms with E-state index in [1.54, 1.807) is 0 Å². The lowest BCUT2D eigenvalue weighted by Crippen LogP contribution is -2.38. The molecule has 0 bridgehead atoms. The third-order valence-electron chi connectivity index (χ3n) is 1.06. The number of carbonyl (C=O) groups excluding carboxylic acids is 1. The zero-order valence-electron chi connectivity index (χ0n) is 8.49. The van der Waals surface area contributed by atoms with Crippen molar-refractivity contribution < 1.29 is 9.53 Å². The molecule has 0 aliphatic carbocycles. The molecule has 0 aromatic heterocycles. The first-order valence-corrected chi connectivity index (χ1v) is 5.23. The van der Waals surface area contributed by atoms with Gasteiger partial charge in [0.05, 0.1) is 0 Å². The van der Waals surface area contributed by atoms with E-state index >= 15 is 0 Å². The van der Waals surface area contributed by atoms with Gasteiger partial charge in [0.15, 0.2) is 0 Å². The third kappa shape index (κ3) is 8.40. The van der Waals surface area contributed by atoms with Crippen molar-refractivity contribution in [3.05, 3.63) is 0 Å². The Hall–Kier alpha value is 0.0700. The molecule has 0 rings (SSSR count). The van der Waals surface area contributed by atoms with Crippen LogP contribution in [0.1, 0.15) is 20.8 Å². The van der Waals surface area contributed by atoms with Gasteiger partial charge >= 0.3 is 5.97 Å². The molecule has 0 aromatic carbocycles. The van der Waals surface area contributed by atoms with Crippen LogP contribution < -0.4 is 5.73 Å². The highest BCUT2D eigenvalue weighted by molar-refractivity contribution is 7.98. The lowest BCUT2D eigenvalue weighted by Gasteiger charge is -2.21.